The number of hydrogen-bond acceptors (Lipinski definition) is 2. The zero-order valence-electron chi connectivity index (χ0n) is 9.03. The van der Waals surface area contributed by atoms with E-state index in [0.717, 1.165) is 19.3 Å². The molecular weight excluding hydrogens is 174 g/mol. The molecule has 0 radical (unpaired) electrons. The van der Waals surface area contributed by atoms with Crippen molar-refractivity contribution >= 4 is 0 Å². The third-order valence-electron chi connectivity index (χ3n) is 2.81. The molecule has 2 rings (SSSR count). The lowest BCUT2D eigenvalue weighted by Gasteiger charge is -2.24. The van der Waals surface area contributed by atoms with Gasteiger partial charge in [-0.15, -0.1) is 0 Å². The van der Waals surface area contributed by atoms with Gasteiger partial charge in [0.15, 0.2) is 0 Å². The molecule has 0 fully saturated rings. The summed E-state index contributed by atoms with van der Waals surface area (Å²) in [5.74, 6) is 1.82. The molecular formula is C11H19N3. The normalized spacial score (nSPS) is 21.3. The highest BCUT2D eigenvalue weighted by Gasteiger charge is 2.20. The lowest BCUT2D eigenvalue weighted by Crippen LogP contribution is -2.26. The lowest BCUT2D eigenvalue weighted by atomic mass is 10.1. The highest BCUT2D eigenvalue weighted by molar-refractivity contribution is 5.10. The van der Waals surface area contributed by atoms with Crippen LogP contribution < -0.4 is 5.73 Å². The average Bonchev–Trinajstić information content (AvgIpc) is 2.49. The minimum absolute atomic E-state index is 0.162. The Kier molecular flexibility index (Phi) is 2.59. The summed E-state index contributed by atoms with van der Waals surface area (Å²) in [6.07, 6.45) is 6.63. The third kappa shape index (κ3) is 1.69. The number of rotatable bonds is 2. The van der Waals surface area contributed by atoms with E-state index in [1.165, 1.54) is 17.9 Å². The summed E-state index contributed by atoms with van der Waals surface area (Å²) in [5, 5.41) is 0. The van der Waals surface area contributed by atoms with Gasteiger partial charge in [-0.2, -0.15) is 0 Å². The van der Waals surface area contributed by atoms with Crippen LogP contribution in [-0.4, -0.2) is 9.55 Å². The first-order valence-corrected chi connectivity index (χ1v) is 5.49. The quantitative estimate of drug-likeness (QED) is 0.779. The Balaban J connectivity index is 2.29. The summed E-state index contributed by atoms with van der Waals surface area (Å²) in [7, 11) is 0. The van der Waals surface area contributed by atoms with E-state index in [0.29, 0.717) is 5.92 Å². The van der Waals surface area contributed by atoms with Crippen LogP contribution in [0.3, 0.4) is 0 Å². The van der Waals surface area contributed by atoms with Crippen LogP contribution in [0.25, 0.3) is 0 Å². The van der Waals surface area contributed by atoms with Gasteiger partial charge in [-0.25, -0.2) is 4.98 Å². The summed E-state index contributed by atoms with van der Waals surface area (Å²) in [6, 6.07) is 0. The second-order valence-electron chi connectivity index (χ2n) is 4.59. The van der Waals surface area contributed by atoms with Gasteiger partial charge in [0.1, 0.15) is 5.82 Å². The minimum atomic E-state index is 0.162. The maximum absolute atomic E-state index is 6.09. The molecule has 0 saturated carbocycles. The molecule has 14 heavy (non-hydrogen) atoms. The maximum atomic E-state index is 6.09. The Hall–Kier alpha value is -0.830. The number of imidazole rings is 1. The molecule has 0 amide bonds. The highest BCUT2D eigenvalue weighted by Crippen LogP contribution is 2.23. The molecule has 2 heterocycles. The SMILES string of the molecule is CC(C)Cc1ncc2n1C(N)CCC2. The second kappa shape index (κ2) is 3.73. The molecule has 0 bridgehead atoms. The van der Waals surface area contributed by atoms with E-state index in [9.17, 15) is 0 Å². The molecule has 0 spiro atoms. The van der Waals surface area contributed by atoms with Crippen molar-refractivity contribution in [2.75, 3.05) is 0 Å². The molecule has 3 heteroatoms. The standard InChI is InChI=1S/C11H19N3/c1-8(2)6-11-13-7-9-4-3-5-10(12)14(9)11/h7-8,10H,3-6,12H2,1-2H3. The van der Waals surface area contributed by atoms with Crippen molar-refractivity contribution in [1.29, 1.82) is 0 Å². The first-order chi connectivity index (χ1) is 6.68. The molecule has 0 saturated heterocycles. The van der Waals surface area contributed by atoms with Crippen LogP contribution in [0.5, 0.6) is 0 Å². The molecule has 0 aliphatic carbocycles. The van der Waals surface area contributed by atoms with Crippen molar-refractivity contribution in [3.63, 3.8) is 0 Å². The zero-order chi connectivity index (χ0) is 10.1. The van der Waals surface area contributed by atoms with Gasteiger partial charge in [-0.3, -0.25) is 0 Å². The van der Waals surface area contributed by atoms with E-state index in [1.54, 1.807) is 0 Å². The van der Waals surface area contributed by atoms with Crippen LogP contribution in [0, 0.1) is 5.92 Å². The van der Waals surface area contributed by atoms with Crippen LogP contribution in [-0.2, 0) is 12.8 Å². The van der Waals surface area contributed by atoms with E-state index in [2.05, 4.69) is 23.4 Å². The fraction of sp³-hybridized carbons (Fsp3) is 0.727. The van der Waals surface area contributed by atoms with Crippen LogP contribution in [0.4, 0.5) is 0 Å². The first-order valence-electron chi connectivity index (χ1n) is 5.49. The maximum Gasteiger partial charge on any atom is 0.110 e. The fourth-order valence-electron chi connectivity index (χ4n) is 2.17. The number of nitrogens with zero attached hydrogens (tertiary/aromatic N) is 2. The molecule has 1 atom stereocenters. The van der Waals surface area contributed by atoms with Gasteiger partial charge in [0, 0.05) is 18.3 Å². The number of nitrogens with two attached hydrogens (primary N) is 1. The predicted octanol–water partition coefficient (Wildman–Crippen LogP) is 1.88. The molecule has 1 aromatic rings. The monoisotopic (exact) mass is 193 g/mol. The van der Waals surface area contributed by atoms with Gasteiger partial charge in [-0.1, -0.05) is 13.8 Å². The Labute approximate surface area is 85.3 Å². The van der Waals surface area contributed by atoms with E-state index in [4.69, 9.17) is 5.73 Å². The van der Waals surface area contributed by atoms with Gasteiger partial charge in [0.2, 0.25) is 0 Å². The van der Waals surface area contributed by atoms with E-state index >= 15 is 0 Å². The summed E-state index contributed by atoms with van der Waals surface area (Å²) in [5.41, 5.74) is 7.41. The van der Waals surface area contributed by atoms with E-state index in [1.807, 2.05) is 6.20 Å². The van der Waals surface area contributed by atoms with Crippen molar-refractivity contribution in [1.82, 2.24) is 9.55 Å². The fourth-order valence-corrected chi connectivity index (χ4v) is 2.17. The molecule has 1 unspecified atom stereocenters. The minimum Gasteiger partial charge on any atom is -0.316 e. The Bertz CT molecular complexity index is 314. The highest BCUT2D eigenvalue weighted by atomic mass is 15.2. The number of aryl methyl sites for hydroxylation is 1. The van der Waals surface area contributed by atoms with Crippen LogP contribution in [0.2, 0.25) is 0 Å². The van der Waals surface area contributed by atoms with E-state index < -0.39 is 0 Å². The van der Waals surface area contributed by atoms with Gasteiger partial charge in [0.25, 0.3) is 0 Å². The predicted molar refractivity (Wildman–Crippen MR) is 56.9 cm³/mol. The molecule has 0 aromatic carbocycles. The molecule has 1 aliphatic heterocycles. The van der Waals surface area contributed by atoms with Crippen molar-refractivity contribution in [3.8, 4) is 0 Å². The van der Waals surface area contributed by atoms with Crippen LogP contribution >= 0.6 is 0 Å². The number of hydrogen-bond donors (Lipinski definition) is 1. The average molecular weight is 193 g/mol. The second-order valence-corrected chi connectivity index (χ2v) is 4.59. The van der Waals surface area contributed by atoms with Crippen molar-refractivity contribution in [2.24, 2.45) is 11.7 Å². The third-order valence-corrected chi connectivity index (χ3v) is 2.81. The molecule has 3 nitrogen and oxygen atoms in total. The van der Waals surface area contributed by atoms with Crippen molar-refractivity contribution in [3.05, 3.63) is 17.7 Å². The summed E-state index contributed by atoms with van der Waals surface area (Å²) in [4.78, 5) is 4.47. The Morgan fingerprint density at radius 2 is 2.43 bits per heavy atom. The molecule has 2 N–H and O–H groups in total. The number of aromatic nitrogens is 2. The van der Waals surface area contributed by atoms with Gasteiger partial charge in [-0.05, 0) is 25.2 Å². The molecule has 78 valence electrons. The van der Waals surface area contributed by atoms with Crippen LogP contribution in [0.1, 0.15) is 44.4 Å². The van der Waals surface area contributed by atoms with Crippen molar-refractivity contribution in [2.45, 2.75) is 45.7 Å². The summed E-state index contributed by atoms with van der Waals surface area (Å²) in [6.45, 7) is 4.44. The summed E-state index contributed by atoms with van der Waals surface area (Å²) >= 11 is 0. The Morgan fingerprint density at radius 3 is 3.14 bits per heavy atom. The molecule has 1 aromatic heterocycles. The first kappa shape index (κ1) is 9.71. The van der Waals surface area contributed by atoms with Crippen molar-refractivity contribution < 1.29 is 0 Å². The number of fused-ring (bicyclic) bond motifs is 1. The Morgan fingerprint density at radius 1 is 1.64 bits per heavy atom. The largest absolute Gasteiger partial charge is 0.316 e. The molecule has 1 aliphatic rings. The van der Waals surface area contributed by atoms with E-state index in [-0.39, 0.29) is 6.17 Å². The van der Waals surface area contributed by atoms with Gasteiger partial charge in [0.05, 0.1) is 6.17 Å². The van der Waals surface area contributed by atoms with Gasteiger partial charge < -0.3 is 10.3 Å². The summed E-state index contributed by atoms with van der Waals surface area (Å²) < 4.78 is 2.24. The lowest BCUT2D eigenvalue weighted by molar-refractivity contribution is 0.394. The van der Waals surface area contributed by atoms with Crippen LogP contribution in [0.15, 0.2) is 6.20 Å². The zero-order valence-corrected chi connectivity index (χ0v) is 9.03. The topological polar surface area (TPSA) is 43.8 Å². The smallest absolute Gasteiger partial charge is 0.110 e. The van der Waals surface area contributed by atoms with Gasteiger partial charge >= 0.3 is 0 Å².